The summed E-state index contributed by atoms with van der Waals surface area (Å²) in [5.74, 6) is 1.62. The van der Waals surface area contributed by atoms with Crippen LogP contribution < -0.4 is 10.1 Å². The molecule has 3 rings (SSSR count). The van der Waals surface area contributed by atoms with E-state index in [1.807, 2.05) is 19.2 Å². The zero-order valence-electron chi connectivity index (χ0n) is 17.6. The zero-order valence-corrected chi connectivity index (χ0v) is 18.4. The molecule has 0 aliphatic carbocycles. The number of rotatable bonds is 6. The third-order valence-electron chi connectivity index (χ3n) is 5.16. The van der Waals surface area contributed by atoms with Gasteiger partial charge in [-0.15, -0.1) is 0 Å². The van der Waals surface area contributed by atoms with Gasteiger partial charge in [0, 0.05) is 19.3 Å². The molecule has 1 aliphatic rings. The first-order valence-electron chi connectivity index (χ1n) is 10.1. The summed E-state index contributed by atoms with van der Waals surface area (Å²) in [7, 11) is 2.00. The smallest absolute Gasteiger partial charge is 0.416 e. The second-order valence-corrected chi connectivity index (χ2v) is 7.67. The summed E-state index contributed by atoms with van der Waals surface area (Å²) in [6.07, 6.45) is -2.68. The van der Waals surface area contributed by atoms with E-state index in [0.717, 1.165) is 36.2 Å². The van der Waals surface area contributed by atoms with E-state index in [1.165, 1.54) is 12.1 Å². The minimum Gasteiger partial charge on any atom is -0.457 e. The summed E-state index contributed by atoms with van der Waals surface area (Å²) in [5, 5.41) is 3.97. The van der Waals surface area contributed by atoms with Crippen molar-refractivity contribution < 1.29 is 17.9 Å². The maximum absolute atomic E-state index is 12.6. The number of benzene rings is 2. The molecule has 1 heterocycles. The van der Waals surface area contributed by atoms with Crippen molar-refractivity contribution in [1.82, 2.24) is 10.2 Å². The van der Waals surface area contributed by atoms with E-state index in [2.05, 4.69) is 29.1 Å². The number of aliphatic imine (C=N–C) groups is 1. The van der Waals surface area contributed by atoms with Crippen molar-refractivity contribution in [2.75, 3.05) is 13.6 Å². The van der Waals surface area contributed by atoms with Crippen molar-refractivity contribution in [1.29, 1.82) is 0 Å². The minimum absolute atomic E-state index is 0.123. The Morgan fingerprint density at radius 1 is 1.06 bits per heavy atom. The van der Waals surface area contributed by atoms with Gasteiger partial charge in [0.15, 0.2) is 0 Å². The Kier molecular flexibility index (Phi) is 7.15. The lowest BCUT2D eigenvalue weighted by atomic mass is 10.1. The third kappa shape index (κ3) is 5.73. The molecule has 1 atom stereocenters. The number of hydrogen-bond acceptors (Lipinski definition) is 3. The first kappa shape index (κ1) is 23.0. The molecule has 2 aromatic carbocycles. The number of hydrogen-bond donors (Lipinski definition) is 1. The lowest BCUT2D eigenvalue weighted by Gasteiger charge is -2.36. The van der Waals surface area contributed by atoms with Crippen molar-refractivity contribution >= 4 is 17.4 Å². The average molecular weight is 452 g/mol. The first-order chi connectivity index (χ1) is 14.7. The molecule has 1 N–H and O–H groups in total. The molecule has 2 aromatic rings. The van der Waals surface area contributed by atoms with Gasteiger partial charge < -0.3 is 15.0 Å². The molecule has 166 valence electrons. The molecule has 31 heavy (non-hydrogen) atoms. The molecule has 0 saturated carbocycles. The number of amidine groups is 1. The van der Waals surface area contributed by atoms with E-state index in [0.29, 0.717) is 28.9 Å². The monoisotopic (exact) mass is 451 g/mol. The van der Waals surface area contributed by atoms with Crippen molar-refractivity contribution in [3.63, 3.8) is 0 Å². The highest BCUT2D eigenvalue weighted by atomic mass is 35.5. The van der Waals surface area contributed by atoms with Gasteiger partial charge in [-0.25, -0.2) is 0 Å². The van der Waals surface area contributed by atoms with Crippen molar-refractivity contribution in [2.24, 2.45) is 4.99 Å². The van der Waals surface area contributed by atoms with Crippen LogP contribution in [0.15, 0.2) is 64.3 Å². The first-order valence-corrected chi connectivity index (χ1v) is 10.4. The predicted molar refractivity (Wildman–Crippen MR) is 117 cm³/mol. The van der Waals surface area contributed by atoms with E-state index >= 15 is 0 Å². The Balaban J connectivity index is 1.59. The van der Waals surface area contributed by atoms with Gasteiger partial charge in [-0.05, 0) is 61.7 Å². The second-order valence-electron chi connectivity index (χ2n) is 7.29. The number of nitrogens with one attached hydrogen (secondary N) is 1. The normalized spacial score (nSPS) is 18.4. The van der Waals surface area contributed by atoms with Crippen LogP contribution >= 0.6 is 11.6 Å². The van der Waals surface area contributed by atoms with Gasteiger partial charge in [0.1, 0.15) is 22.4 Å². The number of nitrogens with zero attached hydrogens (tertiary/aromatic N) is 2. The summed E-state index contributed by atoms with van der Waals surface area (Å²) in [5.41, 5.74) is 1.43. The molecule has 0 bridgehead atoms. The third-order valence-corrected chi connectivity index (χ3v) is 5.56. The second kappa shape index (κ2) is 9.64. The molecule has 0 aromatic heterocycles. The van der Waals surface area contributed by atoms with Crippen molar-refractivity contribution in [3.8, 4) is 11.5 Å². The van der Waals surface area contributed by atoms with Gasteiger partial charge >= 0.3 is 6.18 Å². The Morgan fingerprint density at radius 3 is 2.19 bits per heavy atom. The van der Waals surface area contributed by atoms with E-state index < -0.39 is 11.7 Å². The molecule has 0 saturated heterocycles. The SMILES string of the molecule is CCC1=C(Cl)C(=NCCc2ccc(Oc3ccc(C(F)(F)F)cc3)cc2)NC(C)N1C. The van der Waals surface area contributed by atoms with Gasteiger partial charge in [0.05, 0.1) is 11.7 Å². The highest BCUT2D eigenvalue weighted by Crippen LogP contribution is 2.31. The van der Waals surface area contributed by atoms with Gasteiger partial charge in [0.25, 0.3) is 0 Å². The van der Waals surface area contributed by atoms with Gasteiger partial charge in [0.2, 0.25) is 0 Å². The van der Waals surface area contributed by atoms with E-state index in [-0.39, 0.29) is 6.17 Å². The standard InChI is InChI=1S/C23H25ClF3N3O/c1-4-20-21(24)22(29-15(2)30(20)3)28-14-13-16-5-9-18(10-6-16)31-19-11-7-17(8-12-19)23(25,26)27/h5-12,15H,4,13-14H2,1-3H3,(H,28,29). The molecule has 0 radical (unpaired) electrons. The highest BCUT2D eigenvalue weighted by molar-refractivity contribution is 6.43. The van der Waals surface area contributed by atoms with Crippen LogP contribution in [0.2, 0.25) is 0 Å². The van der Waals surface area contributed by atoms with Gasteiger partial charge in [-0.3, -0.25) is 4.99 Å². The Labute approximate surface area is 185 Å². The molecular formula is C23H25ClF3N3O. The summed E-state index contributed by atoms with van der Waals surface area (Å²) < 4.78 is 43.5. The number of ether oxygens (including phenoxy) is 1. The molecule has 4 nitrogen and oxygen atoms in total. The van der Waals surface area contributed by atoms with Crippen LogP contribution in [-0.4, -0.2) is 30.5 Å². The number of halogens is 4. The number of alkyl halides is 3. The van der Waals surface area contributed by atoms with E-state index in [4.69, 9.17) is 16.3 Å². The quantitative estimate of drug-likeness (QED) is 0.569. The largest absolute Gasteiger partial charge is 0.457 e. The number of allylic oxidation sites excluding steroid dienone is 1. The Hall–Kier alpha value is -2.67. The van der Waals surface area contributed by atoms with Crippen LogP contribution in [-0.2, 0) is 12.6 Å². The maximum atomic E-state index is 12.6. The van der Waals surface area contributed by atoms with Crippen LogP contribution in [0.5, 0.6) is 11.5 Å². The van der Waals surface area contributed by atoms with Crippen molar-refractivity contribution in [3.05, 3.63) is 70.4 Å². The molecule has 0 fully saturated rings. The van der Waals surface area contributed by atoms with E-state index in [9.17, 15) is 13.2 Å². The van der Waals surface area contributed by atoms with Gasteiger partial charge in [-0.2, -0.15) is 13.2 Å². The van der Waals surface area contributed by atoms with Crippen molar-refractivity contribution in [2.45, 2.75) is 39.0 Å². The predicted octanol–water partition coefficient (Wildman–Crippen LogP) is 6.18. The maximum Gasteiger partial charge on any atom is 0.416 e. The molecule has 1 unspecified atom stereocenters. The zero-order chi connectivity index (χ0) is 22.6. The summed E-state index contributed by atoms with van der Waals surface area (Å²) in [6, 6.07) is 12.0. The van der Waals surface area contributed by atoms with Gasteiger partial charge in [-0.1, -0.05) is 30.7 Å². The average Bonchev–Trinajstić information content (AvgIpc) is 2.73. The fourth-order valence-electron chi connectivity index (χ4n) is 3.27. The van der Waals surface area contributed by atoms with E-state index in [1.54, 1.807) is 12.1 Å². The minimum atomic E-state index is -4.36. The molecule has 0 spiro atoms. The lowest BCUT2D eigenvalue weighted by Crippen LogP contribution is -2.48. The lowest BCUT2D eigenvalue weighted by molar-refractivity contribution is -0.137. The Morgan fingerprint density at radius 2 is 1.65 bits per heavy atom. The van der Waals surface area contributed by atoms with Crippen LogP contribution in [0.3, 0.4) is 0 Å². The molecule has 0 amide bonds. The fourth-order valence-corrected chi connectivity index (χ4v) is 3.65. The Bertz CT molecular complexity index is 954. The molecular weight excluding hydrogens is 427 g/mol. The highest BCUT2D eigenvalue weighted by Gasteiger charge is 2.30. The molecule has 8 heteroatoms. The summed E-state index contributed by atoms with van der Waals surface area (Å²) >= 11 is 6.49. The summed E-state index contributed by atoms with van der Waals surface area (Å²) in [6.45, 7) is 4.70. The van der Waals surface area contributed by atoms with Crippen LogP contribution in [0, 0.1) is 0 Å². The van der Waals surface area contributed by atoms with Crippen LogP contribution in [0.1, 0.15) is 31.4 Å². The fraction of sp³-hybridized carbons (Fsp3) is 0.348. The van der Waals surface area contributed by atoms with Crippen LogP contribution in [0.25, 0.3) is 0 Å². The topological polar surface area (TPSA) is 36.9 Å². The molecule has 1 aliphatic heterocycles. The van der Waals surface area contributed by atoms with Crippen LogP contribution in [0.4, 0.5) is 13.2 Å². The summed E-state index contributed by atoms with van der Waals surface area (Å²) in [4.78, 5) is 6.73.